The Morgan fingerprint density at radius 3 is 2.44 bits per heavy atom. The van der Waals surface area contributed by atoms with E-state index in [9.17, 15) is 14.7 Å². The molecule has 0 aliphatic rings. The SMILES string of the molecule is O=Cc1ccc(OC(=O)c2ccccc2)c(O)c1. The molecule has 4 nitrogen and oxygen atoms in total. The van der Waals surface area contributed by atoms with Gasteiger partial charge in [0.2, 0.25) is 0 Å². The van der Waals surface area contributed by atoms with E-state index in [-0.39, 0.29) is 11.5 Å². The van der Waals surface area contributed by atoms with Crippen LogP contribution in [0.15, 0.2) is 48.5 Å². The van der Waals surface area contributed by atoms with Gasteiger partial charge in [-0.3, -0.25) is 4.79 Å². The smallest absolute Gasteiger partial charge is 0.343 e. The van der Waals surface area contributed by atoms with Crippen LogP contribution in [0.4, 0.5) is 0 Å². The third-order valence-corrected chi connectivity index (χ3v) is 2.33. The molecule has 90 valence electrons. The highest BCUT2D eigenvalue weighted by Crippen LogP contribution is 2.27. The van der Waals surface area contributed by atoms with Gasteiger partial charge >= 0.3 is 5.97 Å². The van der Waals surface area contributed by atoms with Gasteiger partial charge in [0.1, 0.15) is 6.29 Å². The van der Waals surface area contributed by atoms with Crippen molar-refractivity contribution in [2.45, 2.75) is 0 Å². The van der Waals surface area contributed by atoms with Gasteiger partial charge in [-0.2, -0.15) is 0 Å². The van der Waals surface area contributed by atoms with Gasteiger partial charge in [0, 0.05) is 5.56 Å². The third-order valence-electron chi connectivity index (χ3n) is 2.33. The number of carbonyl (C=O) groups excluding carboxylic acids is 2. The number of ether oxygens (including phenoxy) is 1. The van der Waals surface area contributed by atoms with Crippen LogP contribution in [0.2, 0.25) is 0 Å². The molecule has 0 aliphatic carbocycles. The van der Waals surface area contributed by atoms with Crippen LogP contribution in [-0.4, -0.2) is 17.4 Å². The zero-order valence-corrected chi connectivity index (χ0v) is 9.37. The molecule has 0 spiro atoms. The van der Waals surface area contributed by atoms with Gasteiger partial charge in [0.25, 0.3) is 0 Å². The van der Waals surface area contributed by atoms with Crippen molar-refractivity contribution in [2.75, 3.05) is 0 Å². The van der Waals surface area contributed by atoms with E-state index >= 15 is 0 Å². The summed E-state index contributed by atoms with van der Waals surface area (Å²) in [6, 6.07) is 12.5. The molecule has 4 heteroatoms. The fourth-order valence-corrected chi connectivity index (χ4v) is 1.43. The molecule has 18 heavy (non-hydrogen) atoms. The van der Waals surface area contributed by atoms with Gasteiger partial charge in [-0.1, -0.05) is 18.2 Å². The Bertz CT molecular complexity index is 576. The molecule has 0 aliphatic heterocycles. The zero-order valence-electron chi connectivity index (χ0n) is 9.37. The molecule has 0 bridgehead atoms. The topological polar surface area (TPSA) is 63.6 Å². The number of aldehydes is 1. The molecular formula is C14H10O4. The van der Waals surface area contributed by atoms with Crippen molar-refractivity contribution in [1.82, 2.24) is 0 Å². The quantitative estimate of drug-likeness (QED) is 0.510. The molecule has 0 aromatic heterocycles. The molecule has 0 radical (unpaired) electrons. The molecule has 0 fully saturated rings. The van der Waals surface area contributed by atoms with E-state index in [1.54, 1.807) is 30.3 Å². The van der Waals surface area contributed by atoms with Gasteiger partial charge in [-0.15, -0.1) is 0 Å². The van der Waals surface area contributed by atoms with Crippen molar-refractivity contribution in [1.29, 1.82) is 0 Å². The Balaban J connectivity index is 2.20. The van der Waals surface area contributed by atoms with Crippen LogP contribution < -0.4 is 4.74 Å². The summed E-state index contributed by atoms with van der Waals surface area (Å²) >= 11 is 0. The average molecular weight is 242 g/mol. The lowest BCUT2D eigenvalue weighted by molar-refractivity contribution is 0.0729. The molecule has 0 saturated carbocycles. The van der Waals surface area contributed by atoms with Gasteiger partial charge in [0.05, 0.1) is 5.56 Å². The molecule has 2 aromatic carbocycles. The second-order valence-electron chi connectivity index (χ2n) is 3.60. The predicted molar refractivity (Wildman–Crippen MR) is 64.9 cm³/mol. The number of hydrogen-bond acceptors (Lipinski definition) is 4. The van der Waals surface area contributed by atoms with Crippen molar-refractivity contribution >= 4 is 12.3 Å². The van der Waals surface area contributed by atoms with Crippen molar-refractivity contribution in [3.63, 3.8) is 0 Å². The van der Waals surface area contributed by atoms with Crippen molar-refractivity contribution in [2.24, 2.45) is 0 Å². The minimum atomic E-state index is -0.565. The minimum absolute atomic E-state index is 0.0226. The molecule has 0 unspecified atom stereocenters. The van der Waals surface area contributed by atoms with E-state index in [4.69, 9.17) is 4.74 Å². The van der Waals surface area contributed by atoms with E-state index in [0.29, 0.717) is 17.4 Å². The second-order valence-corrected chi connectivity index (χ2v) is 3.60. The lowest BCUT2D eigenvalue weighted by atomic mass is 10.2. The summed E-state index contributed by atoms with van der Waals surface area (Å²) in [5.74, 6) is -0.789. The summed E-state index contributed by atoms with van der Waals surface area (Å²) in [5, 5.41) is 9.58. The lowest BCUT2D eigenvalue weighted by Crippen LogP contribution is -2.08. The maximum absolute atomic E-state index is 11.7. The normalized spacial score (nSPS) is 9.78. The van der Waals surface area contributed by atoms with E-state index in [1.807, 2.05) is 0 Å². The number of aromatic hydroxyl groups is 1. The molecule has 0 saturated heterocycles. The predicted octanol–water partition coefficient (Wildman–Crippen LogP) is 2.42. The maximum Gasteiger partial charge on any atom is 0.343 e. The Labute approximate surface area is 103 Å². The van der Waals surface area contributed by atoms with Gasteiger partial charge in [-0.05, 0) is 30.3 Å². The Kier molecular flexibility index (Phi) is 3.38. The number of benzene rings is 2. The van der Waals surface area contributed by atoms with Crippen LogP contribution in [0.3, 0.4) is 0 Å². The first kappa shape index (κ1) is 11.9. The second kappa shape index (κ2) is 5.14. The zero-order chi connectivity index (χ0) is 13.0. The summed E-state index contributed by atoms with van der Waals surface area (Å²) < 4.78 is 5.03. The highest BCUT2D eigenvalue weighted by molar-refractivity contribution is 5.91. The first-order chi connectivity index (χ1) is 8.70. The van der Waals surface area contributed by atoms with Crippen LogP contribution in [-0.2, 0) is 0 Å². The monoisotopic (exact) mass is 242 g/mol. The van der Waals surface area contributed by atoms with Crippen LogP contribution >= 0.6 is 0 Å². The molecule has 1 N–H and O–H groups in total. The van der Waals surface area contributed by atoms with Crippen LogP contribution in [0, 0.1) is 0 Å². The van der Waals surface area contributed by atoms with Gasteiger partial charge < -0.3 is 9.84 Å². The van der Waals surface area contributed by atoms with Crippen molar-refractivity contribution < 1.29 is 19.4 Å². The molecule has 0 atom stereocenters. The summed E-state index contributed by atoms with van der Waals surface area (Å²) in [6.45, 7) is 0. The summed E-state index contributed by atoms with van der Waals surface area (Å²) in [4.78, 5) is 22.2. The number of rotatable bonds is 3. The Morgan fingerprint density at radius 1 is 1.11 bits per heavy atom. The maximum atomic E-state index is 11.7. The Morgan fingerprint density at radius 2 is 1.83 bits per heavy atom. The minimum Gasteiger partial charge on any atom is -0.504 e. The molecule has 0 amide bonds. The van der Waals surface area contributed by atoms with E-state index in [2.05, 4.69) is 0 Å². The fraction of sp³-hybridized carbons (Fsp3) is 0. The lowest BCUT2D eigenvalue weighted by Gasteiger charge is -2.06. The highest BCUT2D eigenvalue weighted by Gasteiger charge is 2.11. The third kappa shape index (κ3) is 2.55. The van der Waals surface area contributed by atoms with E-state index in [1.165, 1.54) is 18.2 Å². The number of hydrogen-bond donors (Lipinski definition) is 1. The molecule has 2 aromatic rings. The number of phenolic OH excluding ortho intramolecular Hbond substituents is 1. The van der Waals surface area contributed by atoms with E-state index < -0.39 is 5.97 Å². The number of carbonyl (C=O) groups is 2. The Hall–Kier alpha value is -2.62. The number of phenols is 1. The highest BCUT2D eigenvalue weighted by atomic mass is 16.5. The van der Waals surface area contributed by atoms with Crippen LogP contribution in [0.1, 0.15) is 20.7 Å². The van der Waals surface area contributed by atoms with Crippen molar-refractivity contribution in [3.8, 4) is 11.5 Å². The summed E-state index contributed by atoms with van der Waals surface area (Å²) in [7, 11) is 0. The molecule has 2 rings (SSSR count). The van der Waals surface area contributed by atoms with E-state index in [0.717, 1.165) is 0 Å². The number of esters is 1. The van der Waals surface area contributed by atoms with Gasteiger partial charge in [0.15, 0.2) is 11.5 Å². The first-order valence-electron chi connectivity index (χ1n) is 5.26. The molecular weight excluding hydrogens is 232 g/mol. The van der Waals surface area contributed by atoms with Crippen LogP contribution in [0.5, 0.6) is 11.5 Å². The largest absolute Gasteiger partial charge is 0.504 e. The summed E-state index contributed by atoms with van der Waals surface area (Å²) in [5.41, 5.74) is 0.698. The average Bonchev–Trinajstić information content (AvgIpc) is 2.42. The first-order valence-corrected chi connectivity index (χ1v) is 5.26. The van der Waals surface area contributed by atoms with Crippen molar-refractivity contribution in [3.05, 3.63) is 59.7 Å². The van der Waals surface area contributed by atoms with Crippen LogP contribution in [0.25, 0.3) is 0 Å². The molecule has 0 heterocycles. The fourth-order valence-electron chi connectivity index (χ4n) is 1.43. The standard InChI is InChI=1S/C14H10O4/c15-9-10-6-7-13(12(16)8-10)18-14(17)11-4-2-1-3-5-11/h1-9,16H. The summed E-state index contributed by atoms with van der Waals surface area (Å²) in [6.07, 6.45) is 0.600. The van der Waals surface area contributed by atoms with Gasteiger partial charge in [-0.25, -0.2) is 4.79 Å².